The topological polar surface area (TPSA) is 0 Å². The molecule has 0 saturated carbocycles. The van der Waals surface area contributed by atoms with Crippen molar-refractivity contribution in [2.45, 2.75) is 12.3 Å². The summed E-state index contributed by atoms with van der Waals surface area (Å²) < 4.78 is 14.3. The zero-order valence-electron chi connectivity index (χ0n) is 9.25. The summed E-state index contributed by atoms with van der Waals surface area (Å²) in [7, 11) is 0. The summed E-state index contributed by atoms with van der Waals surface area (Å²) >= 11 is 9.47. The molecule has 0 fully saturated rings. The predicted octanol–water partition coefficient (Wildman–Crippen LogP) is 5.22. The maximum atomic E-state index is 13.9. The lowest BCUT2D eigenvalue weighted by atomic mass is 10.0. The number of alkyl halides is 1. The fourth-order valence-electron chi connectivity index (χ4n) is 1.63. The van der Waals surface area contributed by atoms with Crippen LogP contribution in [0.25, 0.3) is 0 Å². The molecule has 0 amide bonds. The first-order valence-corrected chi connectivity index (χ1v) is 6.47. The molecule has 0 saturated heterocycles. The molecule has 3 heteroatoms. The Balaban J connectivity index is 2.40. The molecule has 0 aromatic heterocycles. The summed E-state index contributed by atoms with van der Waals surface area (Å²) in [5.41, 5.74) is 2.55. The van der Waals surface area contributed by atoms with Crippen LogP contribution in [0.4, 0.5) is 4.39 Å². The van der Waals surface area contributed by atoms with Gasteiger partial charge in [-0.1, -0.05) is 42.0 Å². The number of hydrogen-bond donors (Lipinski definition) is 0. The summed E-state index contributed by atoms with van der Waals surface area (Å²) in [6.45, 7) is 2.01. The zero-order valence-corrected chi connectivity index (χ0v) is 11.6. The van der Waals surface area contributed by atoms with E-state index in [0.29, 0.717) is 10.0 Å². The molecule has 0 aliphatic heterocycles. The number of halogens is 3. The Morgan fingerprint density at radius 1 is 1.12 bits per heavy atom. The van der Waals surface area contributed by atoms with Gasteiger partial charge >= 0.3 is 0 Å². The van der Waals surface area contributed by atoms with Crippen LogP contribution in [0.2, 0.25) is 0 Å². The van der Waals surface area contributed by atoms with Gasteiger partial charge < -0.3 is 0 Å². The van der Waals surface area contributed by atoms with Gasteiger partial charge in [0.1, 0.15) is 5.82 Å². The van der Waals surface area contributed by atoms with Crippen LogP contribution in [0.3, 0.4) is 0 Å². The molecule has 0 aliphatic carbocycles. The van der Waals surface area contributed by atoms with Crippen molar-refractivity contribution in [2.24, 2.45) is 0 Å². The van der Waals surface area contributed by atoms with Gasteiger partial charge in [-0.3, -0.25) is 0 Å². The van der Waals surface area contributed by atoms with E-state index in [-0.39, 0.29) is 5.82 Å². The van der Waals surface area contributed by atoms with Crippen LogP contribution < -0.4 is 0 Å². The molecule has 0 radical (unpaired) electrons. The van der Waals surface area contributed by atoms with E-state index in [1.165, 1.54) is 0 Å². The Bertz CT molecular complexity index is 522. The minimum absolute atomic E-state index is 0.298. The molecular formula is C14H11BrClF. The number of rotatable bonds is 2. The molecule has 17 heavy (non-hydrogen) atoms. The van der Waals surface area contributed by atoms with Gasteiger partial charge in [-0.05, 0) is 34.5 Å². The molecule has 88 valence electrons. The standard InChI is InChI=1S/C14H11BrClF/c1-9-5-7-10(8-6-9)13(16)11-3-2-4-12(15)14(11)17/h2-8,13H,1H3. The van der Waals surface area contributed by atoms with Gasteiger partial charge in [0.15, 0.2) is 0 Å². The maximum Gasteiger partial charge on any atom is 0.142 e. The van der Waals surface area contributed by atoms with E-state index < -0.39 is 5.38 Å². The van der Waals surface area contributed by atoms with Crippen LogP contribution in [0, 0.1) is 12.7 Å². The van der Waals surface area contributed by atoms with Crippen LogP contribution in [-0.2, 0) is 0 Å². The molecule has 2 aromatic rings. The van der Waals surface area contributed by atoms with E-state index in [1.54, 1.807) is 18.2 Å². The fraction of sp³-hybridized carbons (Fsp3) is 0.143. The first-order valence-electron chi connectivity index (χ1n) is 5.24. The van der Waals surface area contributed by atoms with Crippen molar-refractivity contribution in [1.82, 2.24) is 0 Å². The summed E-state index contributed by atoms with van der Waals surface area (Å²) in [6.07, 6.45) is 0. The Labute approximate surface area is 114 Å². The summed E-state index contributed by atoms with van der Waals surface area (Å²) in [5.74, 6) is -0.298. The van der Waals surface area contributed by atoms with E-state index in [9.17, 15) is 4.39 Å². The van der Waals surface area contributed by atoms with Crippen LogP contribution in [0.1, 0.15) is 22.1 Å². The number of hydrogen-bond acceptors (Lipinski definition) is 0. The largest absolute Gasteiger partial charge is 0.205 e. The van der Waals surface area contributed by atoms with Crippen molar-refractivity contribution in [3.05, 3.63) is 69.4 Å². The third kappa shape index (κ3) is 2.70. The second kappa shape index (κ2) is 5.19. The smallest absolute Gasteiger partial charge is 0.142 e. The molecule has 1 atom stereocenters. The van der Waals surface area contributed by atoms with Crippen LogP contribution >= 0.6 is 27.5 Å². The third-order valence-electron chi connectivity index (χ3n) is 2.62. The molecular weight excluding hydrogens is 303 g/mol. The first kappa shape index (κ1) is 12.6. The molecule has 0 aliphatic rings. The Morgan fingerprint density at radius 3 is 2.41 bits per heavy atom. The Hall–Kier alpha value is -0.860. The van der Waals surface area contributed by atoms with E-state index in [0.717, 1.165) is 11.1 Å². The molecule has 1 unspecified atom stereocenters. The lowest BCUT2D eigenvalue weighted by molar-refractivity contribution is 0.605. The average Bonchev–Trinajstić information content (AvgIpc) is 2.33. The van der Waals surface area contributed by atoms with Gasteiger partial charge in [-0.25, -0.2) is 4.39 Å². The molecule has 0 N–H and O–H groups in total. The molecule has 0 spiro atoms. The third-order valence-corrected chi connectivity index (χ3v) is 3.72. The van der Waals surface area contributed by atoms with Crippen LogP contribution in [-0.4, -0.2) is 0 Å². The summed E-state index contributed by atoms with van der Waals surface area (Å²) in [5, 5.41) is -0.465. The minimum atomic E-state index is -0.465. The van der Waals surface area contributed by atoms with E-state index in [4.69, 9.17) is 11.6 Å². The van der Waals surface area contributed by atoms with Crippen molar-refractivity contribution >= 4 is 27.5 Å². The normalized spacial score (nSPS) is 12.5. The highest BCUT2D eigenvalue weighted by atomic mass is 79.9. The highest BCUT2D eigenvalue weighted by molar-refractivity contribution is 9.10. The lowest BCUT2D eigenvalue weighted by Crippen LogP contribution is -1.97. The predicted molar refractivity (Wildman–Crippen MR) is 73.0 cm³/mol. The highest BCUT2D eigenvalue weighted by Gasteiger charge is 2.16. The highest BCUT2D eigenvalue weighted by Crippen LogP contribution is 2.33. The number of aryl methyl sites for hydroxylation is 1. The van der Waals surface area contributed by atoms with Gasteiger partial charge in [0, 0.05) is 5.56 Å². The van der Waals surface area contributed by atoms with Gasteiger partial charge in [-0.2, -0.15) is 0 Å². The van der Waals surface area contributed by atoms with Gasteiger partial charge in [0.25, 0.3) is 0 Å². The summed E-state index contributed by atoms with van der Waals surface area (Å²) in [4.78, 5) is 0. The van der Waals surface area contributed by atoms with Crippen molar-refractivity contribution < 1.29 is 4.39 Å². The first-order chi connectivity index (χ1) is 8.09. The van der Waals surface area contributed by atoms with Gasteiger partial charge in [-0.15, -0.1) is 11.6 Å². The van der Waals surface area contributed by atoms with Crippen molar-refractivity contribution in [1.29, 1.82) is 0 Å². The number of benzene rings is 2. The van der Waals surface area contributed by atoms with Gasteiger partial charge in [0.2, 0.25) is 0 Å². The lowest BCUT2D eigenvalue weighted by Gasteiger charge is -2.12. The van der Waals surface area contributed by atoms with E-state index in [2.05, 4.69) is 15.9 Å². The van der Waals surface area contributed by atoms with E-state index in [1.807, 2.05) is 31.2 Å². The Kier molecular flexibility index (Phi) is 3.85. The summed E-state index contributed by atoms with van der Waals surface area (Å²) in [6, 6.07) is 12.9. The second-order valence-electron chi connectivity index (χ2n) is 3.92. The molecule has 2 rings (SSSR count). The second-order valence-corrected chi connectivity index (χ2v) is 5.21. The molecule has 0 heterocycles. The molecule has 2 aromatic carbocycles. The fourth-order valence-corrected chi connectivity index (χ4v) is 2.33. The van der Waals surface area contributed by atoms with Crippen molar-refractivity contribution in [3.8, 4) is 0 Å². The SMILES string of the molecule is Cc1ccc(C(Cl)c2cccc(Br)c2F)cc1. The van der Waals surface area contributed by atoms with Crippen LogP contribution in [0.5, 0.6) is 0 Å². The monoisotopic (exact) mass is 312 g/mol. The minimum Gasteiger partial charge on any atom is -0.205 e. The quantitative estimate of drug-likeness (QED) is 0.666. The van der Waals surface area contributed by atoms with E-state index >= 15 is 0 Å². The molecule has 0 bridgehead atoms. The van der Waals surface area contributed by atoms with Gasteiger partial charge in [0.05, 0.1) is 9.85 Å². The molecule has 0 nitrogen and oxygen atoms in total. The van der Waals surface area contributed by atoms with Crippen molar-refractivity contribution in [2.75, 3.05) is 0 Å². The van der Waals surface area contributed by atoms with Crippen LogP contribution in [0.15, 0.2) is 46.9 Å². The zero-order chi connectivity index (χ0) is 12.4. The van der Waals surface area contributed by atoms with Crippen molar-refractivity contribution in [3.63, 3.8) is 0 Å². The average molecular weight is 314 g/mol. The maximum absolute atomic E-state index is 13.9. The Morgan fingerprint density at radius 2 is 1.76 bits per heavy atom.